The summed E-state index contributed by atoms with van der Waals surface area (Å²) in [5.41, 5.74) is 4.91. The van der Waals surface area contributed by atoms with E-state index in [4.69, 9.17) is 4.74 Å². The molecule has 7 heteroatoms. The van der Waals surface area contributed by atoms with E-state index in [1.165, 1.54) is 11.3 Å². The van der Waals surface area contributed by atoms with E-state index in [-0.39, 0.29) is 5.75 Å². The van der Waals surface area contributed by atoms with Gasteiger partial charge in [-0.3, -0.25) is 0 Å². The molecular weight excluding hydrogens is 390 g/mol. The van der Waals surface area contributed by atoms with Gasteiger partial charge in [0.15, 0.2) is 5.65 Å². The molecule has 0 amide bonds. The van der Waals surface area contributed by atoms with Crippen LogP contribution in [0.1, 0.15) is 42.9 Å². The third-order valence-corrected chi connectivity index (χ3v) is 6.67. The number of aromatic amines is 1. The smallest absolute Gasteiger partial charge is 0.160 e. The van der Waals surface area contributed by atoms with Crippen LogP contribution in [0, 0.1) is 0 Å². The molecule has 0 saturated carbocycles. The van der Waals surface area contributed by atoms with Crippen LogP contribution in [0.5, 0.6) is 5.75 Å². The highest BCUT2D eigenvalue weighted by molar-refractivity contribution is 5.86. The number of piperazine rings is 1. The van der Waals surface area contributed by atoms with Crippen LogP contribution in [0.3, 0.4) is 0 Å². The third kappa shape index (κ3) is 4.18. The number of para-hydroxylation sites is 1. The third-order valence-electron chi connectivity index (χ3n) is 6.67. The number of fused-ring (bicyclic) bond motifs is 1. The van der Waals surface area contributed by atoms with Crippen LogP contribution in [0.4, 0.5) is 0 Å². The zero-order valence-electron chi connectivity index (χ0n) is 18.1. The van der Waals surface area contributed by atoms with E-state index in [0.717, 1.165) is 69.8 Å². The number of hydrogen-bond donors (Lipinski definition) is 3. The molecule has 2 saturated heterocycles. The van der Waals surface area contributed by atoms with Crippen LogP contribution in [0.15, 0.2) is 30.3 Å². The average molecular weight is 422 g/mol. The minimum atomic E-state index is 0.228. The molecule has 3 N–H and O–H groups in total. The van der Waals surface area contributed by atoms with Gasteiger partial charge in [0.1, 0.15) is 5.75 Å². The zero-order valence-corrected chi connectivity index (χ0v) is 18.1. The fraction of sp³-hybridized carbons (Fsp3) is 0.500. The lowest BCUT2D eigenvalue weighted by atomic mass is 9.88. The predicted octanol–water partition coefficient (Wildman–Crippen LogP) is 3.23. The highest BCUT2D eigenvalue weighted by Gasteiger charge is 2.27. The molecular formula is C24H31N5O2. The van der Waals surface area contributed by atoms with Crippen molar-refractivity contribution in [2.24, 2.45) is 0 Å². The Morgan fingerprint density at radius 2 is 1.94 bits per heavy atom. The molecule has 0 aliphatic carbocycles. The highest BCUT2D eigenvalue weighted by atomic mass is 16.5. The summed E-state index contributed by atoms with van der Waals surface area (Å²) in [4.78, 5) is 6.17. The highest BCUT2D eigenvalue weighted by Crippen LogP contribution is 2.38. The maximum Gasteiger partial charge on any atom is 0.160 e. The van der Waals surface area contributed by atoms with Crippen molar-refractivity contribution in [2.45, 2.75) is 31.6 Å². The first-order chi connectivity index (χ1) is 15.2. The lowest BCUT2D eigenvalue weighted by Gasteiger charge is -2.31. The molecule has 0 unspecified atom stereocenters. The van der Waals surface area contributed by atoms with E-state index in [1.54, 1.807) is 6.07 Å². The van der Waals surface area contributed by atoms with Gasteiger partial charge in [-0.15, -0.1) is 10.2 Å². The van der Waals surface area contributed by atoms with Crippen molar-refractivity contribution in [2.75, 3.05) is 45.9 Å². The van der Waals surface area contributed by atoms with Gasteiger partial charge >= 0.3 is 0 Å². The summed E-state index contributed by atoms with van der Waals surface area (Å²) in [7, 11) is 0. The molecule has 7 nitrogen and oxygen atoms in total. The zero-order chi connectivity index (χ0) is 21.2. The molecule has 31 heavy (non-hydrogen) atoms. The topological polar surface area (TPSA) is 86.3 Å². The van der Waals surface area contributed by atoms with E-state index in [9.17, 15) is 5.11 Å². The summed E-state index contributed by atoms with van der Waals surface area (Å²) in [5.74, 6) is 1.05. The van der Waals surface area contributed by atoms with Gasteiger partial charge < -0.3 is 25.0 Å². The van der Waals surface area contributed by atoms with E-state index in [0.29, 0.717) is 23.1 Å². The summed E-state index contributed by atoms with van der Waals surface area (Å²) in [5, 5.41) is 23.9. The van der Waals surface area contributed by atoms with Gasteiger partial charge in [-0.05, 0) is 42.5 Å². The van der Waals surface area contributed by atoms with Crippen molar-refractivity contribution in [3.63, 3.8) is 0 Å². The molecule has 0 bridgehead atoms. The van der Waals surface area contributed by atoms with Crippen LogP contribution in [0.25, 0.3) is 22.3 Å². The first-order valence-electron chi connectivity index (χ1n) is 11.4. The maximum absolute atomic E-state index is 10.3. The predicted molar refractivity (Wildman–Crippen MR) is 122 cm³/mol. The largest absolute Gasteiger partial charge is 0.507 e. The number of aromatic nitrogens is 3. The quantitative estimate of drug-likeness (QED) is 0.586. The Hall–Kier alpha value is -2.48. The second kappa shape index (κ2) is 8.94. The van der Waals surface area contributed by atoms with E-state index in [2.05, 4.69) is 38.4 Å². The molecule has 5 rings (SSSR count). The SMILES string of the molecule is C[C@@H](CN1CCNCC1)c1c(C2CCOCC2)[nH]c2nnc(-c3ccccc3O)cc12. The second-order valence-electron chi connectivity index (χ2n) is 8.80. The van der Waals surface area contributed by atoms with E-state index >= 15 is 0 Å². The van der Waals surface area contributed by atoms with Crippen LogP contribution in [0.2, 0.25) is 0 Å². The second-order valence-corrected chi connectivity index (χ2v) is 8.80. The summed E-state index contributed by atoms with van der Waals surface area (Å²) >= 11 is 0. The summed E-state index contributed by atoms with van der Waals surface area (Å²) in [6.07, 6.45) is 2.06. The average Bonchev–Trinajstić information content (AvgIpc) is 3.19. The van der Waals surface area contributed by atoms with Crippen LogP contribution >= 0.6 is 0 Å². The molecule has 0 spiro atoms. The molecule has 2 aliphatic rings. The standard InChI is InChI=1S/C24H31N5O2/c1-16(15-29-10-8-25-9-11-29)22-19-14-20(18-4-2-3-5-21(18)30)27-28-24(19)26-23(22)17-6-12-31-13-7-17/h2-5,14,16-17,25,30H,6-13,15H2,1H3,(H,26,28)/t16-/m0/s1. The van der Waals surface area contributed by atoms with Gasteiger partial charge in [-0.2, -0.15) is 0 Å². The van der Waals surface area contributed by atoms with Gasteiger partial charge in [0.25, 0.3) is 0 Å². The number of nitrogens with zero attached hydrogens (tertiary/aromatic N) is 3. The first kappa shape index (κ1) is 20.4. The van der Waals surface area contributed by atoms with Crippen molar-refractivity contribution in [3.8, 4) is 17.0 Å². The Bertz CT molecular complexity index is 1040. The minimum Gasteiger partial charge on any atom is -0.507 e. The van der Waals surface area contributed by atoms with Crippen molar-refractivity contribution in [1.29, 1.82) is 0 Å². The van der Waals surface area contributed by atoms with E-state index in [1.807, 2.05) is 18.2 Å². The number of phenols is 1. The number of phenolic OH excluding ortho intramolecular Hbond substituents is 1. The Balaban J connectivity index is 1.57. The van der Waals surface area contributed by atoms with Crippen molar-refractivity contribution < 1.29 is 9.84 Å². The molecule has 2 aliphatic heterocycles. The lowest BCUT2D eigenvalue weighted by Crippen LogP contribution is -2.44. The van der Waals surface area contributed by atoms with Gasteiger partial charge in [-0.1, -0.05) is 19.1 Å². The molecule has 1 atom stereocenters. The molecule has 164 valence electrons. The number of H-pyrrole nitrogens is 1. The summed E-state index contributed by atoms with van der Waals surface area (Å²) < 4.78 is 5.62. The fourth-order valence-corrected chi connectivity index (χ4v) is 5.06. The Labute approximate surface area is 182 Å². The van der Waals surface area contributed by atoms with Crippen LogP contribution in [-0.2, 0) is 4.74 Å². The van der Waals surface area contributed by atoms with Crippen molar-refractivity contribution in [3.05, 3.63) is 41.6 Å². The van der Waals surface area contributed by atoms with Crippen LogP contribution in [-0.4, -0.2) is 71.1 Å². The van der Waals surface area contributed by atoms with Crippen molar-refractivity contribution in [1.82, 2.24) is 25.4 Å². The molecule has 4 heterocycles. The first-order valence-corrected chi connectivity index (χ1v) is 11.4. The molecule has 1 aromatic carbocycles. The lowest BCUT2D eigenvalue weighted by molar-refractivity contribution is 0.0843. The Kier molecular flexibility index (Phi) is 5.89. The summed E-state index contributed by atoms with van der Waals surface area (Å²) in [6.45, 7) is 9.24. The minimum absolute atomic E-state index is 0.228. The van der Waals surface area contributed by atoms with Crippen LogP contribution < -0.4 is 5.32 Å². The van der Waals surface area contributed by atoms with Crippen molar-refractivity contribution >= 4 is 11.0 Å². The monoisotopic (exact) mass is 421 g/mol. The van der Waals surface area contributed by atoms with E-state index < -0.39 is 0 Å². The molecule has 2 fully saturated rings. The Morgan fingerprint density at radius 3 is 2.71 bits per heavy atom. The van der Waals surface area contributed by atoms with Gasteiger partial charge in [-0.25, -0.2) is 0 Å². The van der Waals surface area contributed by atoms with Gasteiger partial charge in [0, 0.05) is 68.5 Å². The number of nitrogens with one attached hydrogen (secondary N) is 2. The number of aromatic hydroxyl groups is 1. The number of rotatable bonds is 5. The van der Waals surface area contributed by atoms with Gasteiger partial charge in [0.2, 0.25) is 0 Å². The maximum atomic E-state index is 10.3. The molecule has 3 aromatic rings. The molecule has 0 radical (unpaired) electrons. The number of ether oxygens (including phenoxy) is 1. The van der Waals surface area contributed by atoms with Gasteiger partial charge in [0.05, 0.1) is 5.69 Å². The summed E-state index contributed by atoms with van der Waals surface area (Å²) in [6, 6.07) is 9.42. The number of benzene rings is 1. The fourth-order valence-electron chi connectivity index (χ4n) is 5.06. The normalized spacial score (nSPS) is 19.6. The Morgan fingerprint density at radius 1 is 1.16 bits per heavy atom. The molecule has 2 aromatic heterocycles. The number of hydrogen-bond acceptors (Lipinski definition) is 6.